The predicted molar refractivity (Wildman–Crippen MR) is 106 cm³/mol. The molecule has 0 aliphatic carbocycles. The molecule has 0 saturated carbocycles. The molecule has 0 unspecified atom stereocenters. The first-order valence-electron chi connectivity index (χ1n) is 8.41. The van der Waals surface area contributed by atoms with E-state index in [4.69, 9.17) is 14.2 Å². The van der Waals surface area contributed by atoms with Gasteiger partial charge in [-0.25, -0.2) is 9.78 Å². The molecule has 0 spiro atoms. The Balaban J connectivity index is 1.81. The summed E-state index contributed by atoms with van der Waals surface area (Å²) in [6, 6.07) is 14.1. The van der Waals surface area contributed by atoms with Crippen LogP contribution < -0.4 is 20.1 Å². The van der Waals surface area contributed by atoms with Gasteiger partial charge in [-0.15, -0.1) is 0 Å². The van der Waals surface area contributed by atoms with E-state index in [1.165, 1.54) is 7.11 Å². The van der Waals surface area contributed by atoms with Gasteiger partial charge < -0.3 is 24.8 Å². The standard InChI is InChI=1S/C20H20N4O4/c1-26-16-9-8-13(12-17(16)27-2)22-20-21-11-10-18(24-20)23-15-7-5-4-6-14(15)19(25)28-3/h4-12H,1-3H3,(H2,21,22,23,24). The first kappa shape index (κ1) is 19.0. The number of esters is 1. The molecule has 8 heteroatoms. The van der Waals surface area contributed by atoms with Crippen LogP contribution in [-0.4, -0.2) is 37.3 Å². The van der Waals surface area contributed by atoms with Crippen molar-refractivity contribution in [1.29, 1.82) is 0 Å². The van der Waals surface area contributed by atoms with Crippen LogP contribution in [0.1, 0.15) is 10.4 Å². The smallest absolute Gasteiger partial charge is 0.339 e. The number of ether oxygens (including phenoxy) is 3. The fraction of sp³-hybridized carbons (Fsp3) is 0.150. The molecule has 0 saturated heterocycles. The molecule has 0 aliphatic heterocycles. The minimum absolute atomic E-state index is 0.382. The van der Waals surface area contributed by atoms with Gasteiger partial charge in [-0.2, -0.15) is 4.98 Å². The van der Waals surface area contributed by atoms with E-state index >= 15 is 0 Å². The van der Waals surface area contributed by atoms with Crippen molar-refractivity contribution in [2.24, 2.45) is 0 Å². The Morgan fingerprint density at radius 2 is 1.71 bits per heavy atom. The van der Waals surface area contributed by atoms with Crippen molar-refractivity contribution >= 4 is 29.1 Å². The maximum Gasteiger partial charge on any atom is 0.339 e. The van der Waals surface area contributed by atoms with Gasteiger partial charge >= 0.3 is 5.97 Å². The van der Waals surface area contributed by atoms with Crippen molar-refractivity contribution in [3.8, 4) is 11.5 Å². The lowest BCUT2D eigenvalue weighted by Crippen LogP contribution is -2.06. The summed E-state index contributed by atoms with van der Waals surface area (Å²) in [5, 5.41) is 6.23. The largest absolute Gasteiger partial charge is 0.493 e. The van der Waals surface area contributed by atoms with Crippen molar-refractivity contribution < 1.29 is 19.0 Å². The lowest BCUT2D eigenvalue weighted by molar-refractivity contribution is 0.0602. The minimum Gasteiger partial charge on any atom is -0.493 e. The van der Waals surface area contributed by atoms with Crippen molar-refractivity contribution in [3.05, 3.63) is 60.3 Å². The van der Waals surface area contributed by atoms with E-state index in [2.05, 4.69) is 20.6 Å². The zero-order chi connectivity index (χ0) is 19.9. The third-order valence-corrected chi connectivity index (χ3v) is 3.89. The highest BCUT2D eigenvalue weighted by Crippen LogP contribution is 2.30. The van der Waals surface area contributed by atoms with Gasteiger partial charge in [0, 0.05) is 18.0 Å². The van der Waals surface area contributed by atoms with Crippen LogP contribution in [0.5, 0.6) is 11.5 Å². The summed E-state index contributed by atoms with van der Waals surface area (Å²) < 4.78 is 15.3. The van der Waals surface area contributed by atoms with Gasteiger partial charge in [0.1, 0.15) is 5.82 Å². The van der Waals surface area contributed by atoms with Crippen LogP contribution in [0.2, 0.25) is 0 Å². The first-order chi connectivity index (χ1) is 13.6. The maximum atomic E-state index is 11.9. The van der Waals surface area contributed by atoms with Crippen LogP contribution >= 0.6 is 0 Å². The van der Waals surface area contributed by atoms with Crippen LogP contribution in [0, 0.1) is 0 Å². The fourth-order valence-corrected chi connectivity index (χ4v) is 2.55. The Hall–Kier alpha value is -3.81. The lowest BCUT2D eigenvalue weighted by atomic mass is 10.2. The average molecular weight is 380 g/mol. The summed E-state index contributed by atoms with van der Waals surface area (Å²) in [5.74, 6) is 1.69. The highest BCUT2D eigenvalue weighted by molar-refractivity contribution is 5.96. The van der Waals surface area contributed by atoms with Crippen LogP contribution in [-0.2, 0) is 4.74 Å². The van der Waals surface area contributed by atoms with Crippen molar-refractivity contribution in [1.82, 2.24) is 9.97 Å². The van der Waals surface area contributed by atoms with Gasteiger partial charge in [-0.3, -0.25) is 0 Å². The lowest BCUT2D eigenvalue weighted by Gasteiger charge is -2.12. The van der Waals surface area contributed by atoms with Crippen LogP contribution in [0.25, 0.3) is 0 Å². The number of para-hydroxylation sites is 1. The number of benzene rings is 2. The number of nitrogens with one attached hydrogen (secondary N) is 2. The molecule has 3 aromatic rings. The number of rotatable bonds is 7. The van der Waals surface area contributed by atoms with Crippen LogP contribution in [0.4, 0.5) is 23.1 Å². The second-order valence-corrected chi connectivity index (χ2v) is 5.62. The minimum atomic E-state index is -0.430. The molecule has 0 aliphatic rings. The summed E-state index contributed by atoms with van der Waals surface area (Å²) in [6.07, 6.45) is 1.61. The van der Waals surface area contributed by atoms with Gasteiger partial charge in [0.25, 0.3) is 0 Å². The van der Waals surface area contributed by atoms with Crippen molar-refractivity contribution in [3.63, 3.8) is 0 Å². The predicted octanol–water partition coefficient (Wildman–Crippen LogP) is 3.77. The molecule has 0 radical (unpaired) electrons. The van der Waals surface area contributed by atoms with E-state index in [-0.39, 0.29) is 0 Å². The highest BCUT2D eigenvalue weighted by atomic mass is 16.5. The summed E-state index contributed by atoms with van der Waals surface area (Å²) in [7, 11) is 4.49. The molecule has 0 bridgehead atoms. The van der Waals surface area contributed by atoms with Gasteiger partial charge in [0.15, 0.2) is 11.5 Å². The zero-order valence-corrected chi connectivity index (χ0v) is 15.7. The van der Waals surface area contributed by atoms with Crippen LogP contribution in [0.3, 0.4) is 0 Å². The number of hydrogen-bond donors (Lipinski definition) is 2. The summed E-state index contributed by atoms with van der Waals surface area (Å²) in [4.78, 5) is 20.6. The molecule has 28 heavy (non-hydrogen) atoms. The fourth-order valence-electron chi connectivity index (χ4n) is 2.55. The SMILES string of the molecule is COC(=O)c1ccccc1Nc1ccnc(Nc2ccc(OC)c(OC)c2)n1. The van der Waals surface area contributed by atoms with E-state index < -0.39 is 5.97 Å². The third-order valence-electron chi connectivity index (χ3n) is 3.89. The van der Waals surface area contributed by atoms with E-state index in [1.807, 2.05) is 12.1 Å². The highest BCUT2D eigenvalue weighted by Gasteiger charge is 2.12. The molecule has 144 valence electrons. The number of hydrogen-bond acceptors (Lipinski definition) is 8. The topological polar surface area (TPSA) is 94.6 Å². The molecule has 0 atom stereocenters. The Morgan fingerprint density at radius 3 is 2.46 bits per heavy atom. The van der Waals surface area contributed by atoms with E-state index in [0.29, 0.717) is 34.5 Å². The van der Waals surface area contributed by atoms with Crippen LogP contribution in [0.15, 0.2) is 54.7 Å². The molecule has 0 fully saturated rings. The van der Waals surface area contributed by atoms with Crippen molar-refractivity contribution in [2.75, 3.05) is 32.0 Å². The Kier molecular flexibility index (Phi) is 5.91. The number of methoxy groups -OCH3 is 3. The molecule has 1 aromatic heterocycles. The average Bonchev–Trinajstić information content (AvgIpc) is 2.73. The summed E-state index contributed by atoms with van der Waals surface area (Å²) >= 11 is 0. The molecular formula is C20H20N4O4. The molecular weight excluding hydrogens is 360 g/mol. The second kappa shape index (κ2) is 8.72. The number of nitrogens with zero attached hydrogens (tertiary/aromatic N) is 2. The zero-order valence-electron chi connectivity index (χ0n) is 15.7. The monoisotopic (exact) mass is 380 g/mol. The summed E-state index contributed by atoms with van der Waals surface area (Å²) in [6.45, 7) is 0. The Bertz CT molecular complexity index is 978. The molecule has 8 nitrogen and oxygen atoms in total. The number of carbonyl (C=O) groups is 1. The van der Waals surface area contributed by atoms with Gasteiger partial charge in [0.2, 0.25) is 5.95 Å². The molecule has 3 rings (SSSR count). The van der Waals surface area contributed by atoms with E-state index in [1.54, 1.807) is 56.8 Å². The number of carbonyl (C=O) groups excluding carboxylic acids is 1. The van der Waals surface area contributed by atoms with Gasteiger partial charge in [0.05, 0.1) is 32.6 Å². The first-order valence-corrected chi connectivity index (χ1v) is 8.41. The maximum absolute atomic E-state index is 11.9. The molecule has 0 amide bonds. The second-order valence-electron chi connectivity index (χ2n) is 5.62. The number of anilines is 4. The van der Waals surface area contributed by atoms with E-state index in [9.17, 15) is 4.79 Å². The Morgan fingerprint density at radius 1 is 0.929 bits per heavy atom. The number of aromatic nitrogens is 2. The molecule has 2 aromatic carbocycles. The quantitative estimate of drug-likeness (QED) is 0.598. The van der Waals surface area contributed by atoms with Crippen molar-refractivity contribution in [2.45, 2.75) is 0 Å². The summed E-state index contributed by atoms with van der Waals surface area (Å²) in [5.41, 5.74) is 1.74. The van der Waals surface area contributed by atoms with E-state index in [0.717, 1.165) is 5.69 Å². The van der Waals surface area contributed by atoms with Gasteiger partial charge in [-0.05, 0) is 30.3 Å². The Labute approximate surface area is 162 Å². The molecule has 2 N–H and O–H groups in total. The third kappa shape index (κ3) is 4.29. The normalized spacial score (nSPS) is 10.1. The van der Waals surface area contributed by atoms with Gasteiger partial charge in [-0.1, -0.05) is 12.1 Å². The molecule has 1 heterocycles.